The van der Waals surface area contributed by atoms with E-state index in [2.05, 4.69) is 9.97 Å². The van der Waals surface area contributed by atoms with Crippen LogP contribution in [-0.4, -0.2) is 70.6 Å². The number of aromatic nitrogens is 4. The summed E-state index contributed by atoms with van der Waals surface area (Å²) < 4.78 is 45.9. The number of carbonyl (C=O) groups is 1. The SMILES string of the molecule is COCCN1C[C@@H](CC(=O)Cc2c(C)c(-c3cnc4c(c3)OCCO4)nn2-c2ccccc2)[C@H](c2cnc(F)c(F)c2)O1. The highest BCUT2D eigenvalue weighted by molar-refractivity contribution is 5.82. The zero-order chi connectivity index (χ0) is 29.9. The van der Waals surface area contributed by atoms with Crippen LogP contribution in [0.3, 0.4) is 0 Å². The number of ketones is 1. The monoisotopic (exact) mass is 591 g/mol. The molecule has 224 valence electrons. The number of carbonyl (C=O) groups excluding carboxylic acids is 1. The Balaban J connectivity index is 1.29. The highest BCUT2D eigenvalue weighted by Gasteiger charge is 2.37. The van der Waals surface area contributed by atoms with Crippen LogP contribution in [0.5, 0.6) is 11.6 Å². The van der Waals surface area contributed by atoms with Gasteiger partial charge in [-0.05, 0) is 36.8 Å². The van der Waals surface area contributed by atoms with E-state index >= 15 is 0 Å². The highest BCUT2D eigenvalue weighted by Crippen LogP contribution is 2.38. The fraction of sp³-hybridized carbons (Fsp3) is 0.355. The second kappa shape index (κ2) is 12.5. The van der Waals surface area contributed by atoms with Crippen LogP contribution in [0.4, 0.5) is 8.78 Å². The van der Waals surface area contributed by atoms with Crippen molar-refractivity contribution in [3.05, 3.63) is 83.4 Å². The van der Waals surface area contributed by atoms with Crippen molar-refractivity contribution >= 4 is 5.78 Å². The minimum Gasteiger partial charge on any atom is -0.484 e. The molecule has 5 heterocycles. The first-order valence-corrected chi connectivity index (χ1v) is 14.0. The molecule has 4 aromatic rings. The summed E-state index contributed by atoms with van der Waals surface area (Å²) in [5, 5.41) is 6.60. The Morgan fingerprint density at radius 3 is 2.70 bits per heavy atom. The predicted molar refractivity (Wildman–Crippen MR) is 151 cm³/mol. The van der Waals surface area contributed by atoms with E-state index in [1.54, 1.807) is 23.1 Å². The number of hydroxylamine groups is 2. The first kappa shape index (κ1) is 28.8. The molecule has 1 fully saturated rings. The molecule has 6 rings (SSSR count). The van der Waals surface area contributed by atoms with Crippen molar-refractivity contribution in [2.45, 2.75) is 25.9 Å². The zero-order valence-electron chi connectivity index (χ0n) is 23.8. The molecular formula is C31H31F2N5O5. The quantitative estimate of drug-likeness (QED) is 0.248. The van der Waals surface area contributed by atoms with E-state index in [-0.39, 0.29) is 24.5 Å². The van der Waals surface area contributed by atoms with Crippen molar-refractivity contribution in [1.29, 1.82) is 0 Å². The molecule has 0 amide bonds. The summed E-state index contributed by atoms with van der Waals surface area (Å²) in [5.74, 6) is -1.62. The van der Waals surface area contributed by atoms with Gasteiger partial charge < -0.3 is 14.2 Å². The van der Waals surface area contributed by atoms with E-state index < -0.39 is 17.9 Å². The van der Waals surface area contributed by atoms with Gasteiger partial charge >= 0.3 is 0 Å². The van der Waals surface area contributed by atoms with Crippen LogP contribution in [0.1, 0.15) is 29.3 Å². The average Bonchev–Trinajstić information content (AvgIpc) is 3.57. The number of pyridine rings is 2. The summed E-state index contributed by atoms with van der Waals surface area (Å²) in [7, 11) is 1.58. The van der Waals surface area contributed by atoms with Gasteiger partial charge in [0.15, 0.2) is 11.6 Å². The lowest BCUT2D eigenvalue weighted by Crippen LogP contribution is -2.24. The lowest BCUT2D eigenvalue weighted by Gasteiger charge is -2.17. The first-order chi connectivity index (χ1) is 20.9. The molecule has 0 saturated carbocycles. The Morgan fingerprint density at radius 2 is 1.91 bits per heavy atom. The van der Waals surface area contributed by atoms with Gasteiger partial charge in [-0.2, -0.15) is 14.6 Å². The van der Waals surface area contributed by atoms with Crippen molar-refractivity contribution < 1.29 is 32.6 Å². The molecule has 2 aliphatic heterocycles. The third kappa shape index (κ3) is 6.12. The molecule has 3 aromatic heterocycles. The van der Waals surface area contributed by atoms with Crippen LogP contribution in [0, 0.1) is 24.6 Å². The van der Waals surface area contributed by atoms with E-state index in [1.165, 1.54) is 6.20 Å². The van der Waals surface area contributed by atoms with Crippen molar-refractivity contribution in [3.63, 3.8) is 0 Å². The number of fused-ring (bicyclic) bond motifs is 1. The molecule has 12 heteroatoms. The summed E-state index contributed by atoms with van der Waals surface area (Å²) in [6.45, 7) is 4.10. The lowest BCUT2D eigenvalue weighted by molar-refractivity contribution is -0.155. The van der Waals surface area contributed by atoms with Crippen molar-refractivity contribution in [2.24, 2.45) is 5.92 Å². The Morgan fingerprint density at radius 1 is 1.09 bits per heavy atom. The first-order valence-electron chi connectivity index (χ1n) is 14.0. The van der Waals surface area contributed by atoms with Gasteiger partial charge in [0.2, 0.25) is 5.95 Å². The zero-order valence-corrected chi connectivity index (χ0v) is 23.8. The lowest BCUT2D eigenvalue weighted by atomic mass is 9.91. The number of ether oxygens (including phenoxy) is 3. The minimum atomic E-state index is -1.18. The van der Waals surface area contributed by atoms with Gasteiger partial charge in [0.05, 0.1) is 23.7 Å². The molecule has 10 nitrogen and oxygen atoms in total. The summed E-state index contributed by atoms with van der Waals surface area (Å²) in [5.41, 5.74) is 4.18. The summed E-state index contributed by atoms with van der Waals surface area (Å²) >= 11 is 0. The van der Waals surface area contributed by atoms with E-state index in [9.17, 15) is 13.6 Å². The van der Waals surface area contributed by atoms with Gasteiger partial charge in [0.1, 0.15) is 25.1 Å². The van der Waals surface area contributed by atoms with Gasteiger partial charge in [-0.25, -0.2) is 19.0 Å². The maximum atomic E-state index is 14.1. The van der Waals surface area contributed by atoms with Gasteiger partial charge in [0, 0.05) is 62.5 Å². The smallest absolute Gasteiger partial charge is 0.257 e. The topological polar surface area (TPSA) is 101 Å². The molecule has 1 saturated heterocycles. The van der Waals surface area contributed by atoms with Gasteiger partial charge in [-0.3, -0.25) is 9.63 Å². The minimum absolute atomic E-state index is 0.0465. The number of methoxy groups -OCH3 is 1. The van der Waals surface area contributed by atoms with Crippen LogP contribution in [0.25, 0.3) is 16.9 Å². The highest BCUT2D eigenvalue weighted by atomic mass is 19.2. The van der Waals surface area contributed by atoms with Crippen LogP contribution in [0.2, 0.25) is 0 Å². The van der Waals surface area contributed by atoms with Crippen LogP contribution < -0.4 is 9.47 Å². The Kier molecular flexibility index (Phi) is 8.41. The molecule has 0 spiro atoms. The third-order valence-corrected chi connectivity index (χ3v) is 7.59. The summed E-state index contributed by atoms with van der Waals surface area (Å²) in [6, 6.07) is 12.5. The normalized spacial score (nSPS) is 18.2. The number of rotatable bonds is 10. The van der Waals surface area contributed by atoms with Crippen LogP contribution in [0.15, 0.2) is 54.9 Å². The Bertz CT molecular complexity index is 1620. The Hall–Kier alpha value is -4.26. The van der Waals surface area contributed by atoms with Gasteiger partial charge in [-0.1, -0.05) is 18.2 Å². The molecule has 1 aromatic carbocycles. The van der Waals surface area contributed by atoms with E-state index in [4.69, 9.17) is 24.1 Å². The van der Waals surface area contributed by atoms with Crippen LogP contribution in [-0.2, 0) is 20.8 Å². The molecule has 0 aliphatic carbocycles. The number of para-hydroxylation sites is 1. The summed E-state index contributed by atoms with van der Waals surface area (Å²) in [6.07, 6.45) is 2.52. The van der Waals surface area contributed by atoms with Crippen molar-refractivity contribution in [3.8, 4) is 28.6 Å². The molecule has 0 bridgehead atoms. The standard InChI is InChI=1S/C31H31F2N5O5/c1-19-26(15-24(39)12-22-18-37(8-9-40-2)43-29(22)21-13-25(32)30(33)34-17-21)38(23-6-4-3-5-7-23)36-28(19)20-14-27-31(35-16-20)42-11-10-41-27/h3-7,13-14,16-17,22,29H,8-12,15,18H2,1-2H3/t22-,29+/m1/s1. The van der Waals surface area contributed by atoms with Crippen LogP contribution >= 0.6 is 0 Å². The molecule has 2 aliphatic rings. The van der Waals surface area contributed by atoms with Crippen molar-refractivity contribution in [2.75, 3.05) is 40.0 Å². The molecule has 43 heavy (non-hydrogen) atoms. The van der Waals surface area contributed by atoms with Gasteiger partial charge in [0.25, 0.3) is 5.88 Å². The number of hydrogen-bond acceptors (Lipinski definition) is 9. The molecular weight excluding hydrogens is 560 g/mol. The fourth-order valence-corrected chi connectivity index (χ4v) is 5.49. The predicted octanol–water partition coefficient (Wildman–Crippen LogP) is 4.44. The summed E-state index contributed by atoms with van der Waals surface area (Å²) in [4.78, 5) is 27.7. The number of halogens is 2. The fourth-order valence-electron chi connectivity index (χ4n) is 5.49. The average molecular weight is 592 g/mol. The maximum absolute atomic E-state index is 14.1. The van der Waals surface area contributed by atoms with Gasteiger partial charge in [-0.15, -0.1) is 0 Å². The number of nitrogens with zero attached hydrogens (tertiary/aromatic N) is 5. The number of hydrogen-bond donors (Lipinski definition) is 0. The molecule has 0 unspecified atom stereocenters. The second-order valence-electron chi connectivity index (χ2n) is 10.5. The molecule has 0 N–H and O–H groups in total. The largest absolute Gasteiger partial charge is 0.484 e. The number of Topliss-reactive ketones (excluding diaryl/α,β-unsaturated/α-hetero) is 1. The maximum Gasteiger partial charge on any atom is 0.257 e. The van der Waals surface area contributed by atoms with E-state index in [0.29, 0.717) is 55.8 Å². The van der Waals surface area contributed by atoms with Crippen molar-refractivity contribution in [1.82, 2.24) is 24.8 Å². The Labute approximate surface area is 247 Å². The second-order valence-corrected chi connectivity index (χ2v) is 10.5. The number of benzene rings is 1. The molecule has 0 radical (unpaired) electrons. The van der Waals surface area contributed by atoms with E-state index in [1.807, 2.05) is 43.3 Å². The third-order valence-electron chi connectivity index (χ3n) is 7.59. The molecule has 2 atom stereocenters. The van der Waals surface area contributed by atoms with E-state index in [0.717, 1.165) is 28.6 Å².